The average molecular weight is 236 g/mol. The lowest BCUT2D eigenvalue weighted by Crippen LogP contribution is -2.46. The summed E-state index contributed by atoms with van der Waals surface area (Å²) in [5, 5.41) is 0. The van der Waals surface area contributed by atoms with Crippen molar-refractivity contribution in [2.45, 2.75) is 26.3 Å². The summed E-state index contributed by atoms with van der Waals surface area (Å²) in [5.74, 6) is -0.356. The summed E-state index contributed by atoms with van der Waals surface area (Å²) in [6.07, 6.45) is 0.770. The molecule has 1 aromatic rings. The lowest BCUT2D eigenvalue weighted by atomic mass is 10.0. The third-order valence-corrected chi connectivity index (χ3v) is 3.21. The van der Waals surface area contributed by atoms with Gasteiger partial charge in [0.25, 0.3) is 0 Å². The molecule has 1 aromatic carbocycles. The molecule has 1 aliphatic rings. The Bertz CT molecular complexity index is 445. The number of halogens is 1. The van der Waals surface area contributed by atoms with Crippen LogP contribution in [0.1, 0.15) is 19.4 Å². The molecule has 2 rings (SSSR count). The largest absolute Gasteiger partial charge is 0.320 e. The van der Waals surface area contributed by atoms with Crippen LogP contribution in [0.4, 0.5) is 10.1 Å². The van der Waals surface area contributed by atoms with E-state index in [1.165, 1.54) is 12.1 Å². The van der Waals surface area contributed by atoms with E-state index in [4.69, 9.17) is 5.73 Å². The molecular weight excluding hydrogens is 219 g/mol. The molecule has 3 nitrogen and oxygen atoms in total. The summed E-state index contributed by atoms with van der Waals surface area (Å²) in [6, 6.07) is 4.05. The second-order valence-electron chi connectivity index (χ2n) is 4.78. The van der Waals surface area contributed by atoms with Crippen molar-refractivity contribution in [2.75, 3.05) is 11.4 Å². The van der Waals surface area contributed by atoms with Crippen LogP contribution in [0.3, 0.4) is 0 Å². The molecule has 0 saturated carbocycles. The fourth-order valence-corrected chi connectivity index (χ4v) is 2.05. The Labute approximate surface area is 100 Å². The van der Waals surface area contributed by atoms with Gasteiger partial charge in [-0.3, -0.25) is 4.79 Å². The summed E-state index contributed by atoms with van der Waals surface area (Å²) < 4.78 is 13.2. The third kappa shape index (κ3) is 2.17. The number of nitrogens with two attached hydrogens (primary N) is 1. The van der Waals surface area contributed by atoms with E-state index < -0.39 is 6.04 Å². The highest BCUT2D eigenvalue weighted by atomic mass is 19.1. The SMILES string of the molecule is CC(C)[C@@H](N)C(=O)N1CCc2ccc(F)cc21. The number of carbonyl (C=O) groups excluding carboxylic acids is 1. The van der Waals surface area contributed by atoms with Crippen LogP contribution < -0.4 is 10.6 Å². The Morgan fingerprint density at radius 1 is 1.47 bits per heavy atom. The lowest BCUT2D eigenvalue weighted by molar-refractivity contribution is -0.120. The van der Waals surface area contributed by atoms with Gasteiger partial charge in [0.2, 0.25) is 5.91 Å². The van der Waals surface area contributed by atoms with Crippen molar-refractivity contribution in [1.29, 1.82) is 0 Å². The number of fused-ring (bicyclic) bond motifs is 1. The van der Waals surface area contributed by atoms with Crippen molar-refractivity contribution in [1.82, 2.24) is 0 Å². The predicted octanol–water partition coefficient (Wildman–Crippen LogP) is 1.70. The van der Waals surface area contributed by atoms with Crippen LogP contribution in [0.5, 0.6) is 0 Å². The molecule has 4 heteroatoms. The van der Waals surface area contributed by atoms with Gasteiger partial charge in [0, 0.05) is 12.2 Å². The molecule has 0 radical (unpaired) electrons. The monoisotopic (exact) mass is 236 g/mol. The third-order valence-electron chi connectivity index (χ3n) is 3.21. The number of carbonyl (C=O) groups is 1. The molecule has 0 fully saturated rings. The molecule has 1 heterocycles. The minimum atomic E-state index is -0.524. The van der Waals surface area contributed by atoms with Gasteiger partial charge in [0.05, 0.1) is 6.04 Å². The van der Waals surface area contributed by atoms with E-state index in [1.54, 1.807) is 11.0 Å². The fourth-order valence-electron chi connectivity index (χ4n) is 2.05. The Morgan fingerprint density at radius 3 is 2.82 bits per heavy atom. The summed E-state index contributed by atoms with van der Waals surface area (Å²) in [7, 11) is 0. The number of amides is 1. The smallest absolute Gasteiger partial charge is 0.244 e. The molecule has 1 aliphatic heterocycles. The molecule has 0 aromatic heterocycles. The molecule has 92 valence electrons. The van der Waals surface area contributed by atoms with E-state index in [0.29, 0.717) is 12.2 Å². The minimum Gasteiger partial charge on any atom is -0.320 e. The lowest BCUT2D eigenvalue weighted by Gasteiger charge is -2.23. The van der Waals surface area contributed by atoms with Crippen LogP contribution in [-0.4, -0.2) is 18.5 Å². The number of nitrogens with zero attached hydrogens (tertiary/aromatic N) is 1. The van der Waals surface area contributed by atoms with Gasteiger partial charge < -0.3 is 10.6 Å². The normalized spacial score (nSPS) is 16.2. The Balaban J connectivity index is 2.27. The second kappa shape index (κ2) is 4.45. The standard InChI is InChI=1S/C13H17FN2O/c1-8(2)12(15)13(17)16-6-5-9-3-4-10(14)7-11(9)16/h3-4,7-8,12H,5-6,15H2,1-2H3/t12-/m1/s1. The van der Waals surface area contributed by atoms with E-state index in [-0.39, 0.29) is 17.6 Å². The maximum absolute atomic E-state index is 13.2. The Hall–Kier alpha value is -1.42. The predicted molar refractivity (Wildman–Crippen MR) is 65.3 cm³/mol. The summed E-state index contributed by atoms with van der Waals surface area (Å²) in [5.41, 5.74) is 7.53. The van der Waals surface area contributed by atoms with E-state index in [9.17, 15) is 9.18 Å². The quantitative estimate of drug-likeness (QED) is 0.849. The van der Waals surface area contributed by atoms with Crippen LogP contribution in [0, 0.1) is 11.7 Å². The number of anilines is 1. The molecule has 1 atom stereocenters. The minimum absolute atomic E-state index is 0.0834. The zero-order chi connectivity index (χ0) is 12.6. The number of rotatable bonds is 2. The van der Waals surface area contributed by atoms with Crippen molar-refractivity contribution in [2.24, 2.45) is 11.7 Å². The molecule has 1 amide bonds. The molecular formula is C13H17FN2O. The highest BCUT2D eigenvalue weighted by molar-refractivity contribution is 5.99. The molecule has 17 heavy (non-hydrogen) atoms. The molecule has 0 bridgehead atoms. The van der Waals surface area contributed by atoms with Gasteiger partial charge in [-0.15, -0.1) is 0 Å². The van der Waals surface area contributed by atoms with Crippen molar-refractivity contribution in [3.05, 3.63) is 29.6 Å². The molecule has 0 aliphatic carbocycles. The van der Waals surface area contributed by atoms with Crippen molar-refractivity contribution in [3.63, 3.8) is 0 Å². The summed E-state index contributed by atoms with van der Waals surface area (Å²) in [6.45, 7) is 4.41. The van der Waals surface area contributed by atoms with Gasteiger partial charge in [0.1, 0.15) is 5.82 Å². The van der Waals surface area contributed by atoms with Crippen LogP contribution in [-0.2, 0) is 11.2 Å². The summed E-state index contributed by atoms with van der Waals surface area (Å²) >= 11 is 0. The maximum atomic E-state index is 13.2. The highest BCUT2D eigenvalue weighted by Gasteiger charge is 2.29. The first-order valence-corrected chi connectivity index (χ1v) is 5.86. The van der Waals surface area contributed by atoms with Crippen LogP contribution in [0.25, 0.3) is 0 Å². The van der Waals surface area contributed by atoms with Crippen LogP contribution in [0.15, 0.2) is 18.2 Å². The van der Waals surface area contributed by atoms with Gasteiger partial charge in [-0.05, 0) is 30.0 Å². The Kier molecular flexibility index (Phi) is 3.15. The summed E-state index contributed by atoms with van der Waals surface area (Å²) in [4.78, 5) is 13.7. The van der Waals surface area contributed by atoms with Gasteiger partial charge in [0.15, 0.2) is 0 Å². The first kappa shape index (κ1) is 12.0. The van der Waals surface area contributed by atoms with Crippen molar-refractivity contribution < 1.29 is 9.18 Å². The molecule has 0 saturated heterocycles. The fraction of sp³-hybridized carbons (Fsp3) is 0.462. The Morgan fingerprint density at radius 2 is 2.18 bits per heavy atom. The van der Waals surface area contributed by atoms with Gasteiger partial charge in [-0.1, -0.05) is 19.9 Å². The van der Waals surface area contributed by atoms with Crippen LogP contribution >= 0.6 is 0 Å². The first-order chi connectivity index (χ1) is 8.00. The van der Waals surface area contributed by atoms with Crippen LogP contribution in [0.2, 0.25) is 0 Å². The van der Waals surface area contributed by atoms with Gasteiger partial charge in [-0.2, -0.15) is 0 Å². The molecule has 0 unspecified atom stereocenters. The number of benzene rings is 1. The zero-order valence-corrected chi connectivity index (χ0v) is 10.1. The number of hydrogen-bond acceptors (Lipinski definition) is 2. The topological polar surface area (TPSA) is 46.3 Å². The van der Waals surface area contributed by atoms with E-state index in [0.717, 1.165) is 12.0 Å². The zero-order valence-electron chi connectivity index (χ0n) is 10.1. The van der Waals surface area contributed by atoms with Crippen molar-refractivity contribution in [3.8, 4) is 0 Å². The van der Waals surface area contributed by atoms with E-state index >= 15 is 0 Å². The molecule has 0 spiro atoms. The van der Waals surface area contributed by atoms with Crippen molar-refractivity contribution >= 4 is 11.6 Å². The maximum Gasteiger partial charge on any atom is 0.244 e. The average Bonchev–Trinajstić information content (AvgIpc) is 2.69. The second-order valence-corrected chi connectivity index (χ2v) is 4.78. The first-order valence-electron chi connectivity index (χ1n) is 5.86. The van der Waals surface area contributed by atoms with Gasteiger partial charge in [-0.25, -0.2) is 4.39 Å². The number of hydrogen-bond donors (Lipinski definition) is 1. The van der Waals surface area contributed by atoms with Gasteiger partial charge >= 0.3 is 0 Å². The van der Waals surface area contributed by atoms with E-state index in [2.05, 4.69) is 0 Å². The van der Waals surface area contributed by atoms with E-state index in [1.807, 2.05) is 13.8 Å². The molecule has 2 N–H and O–H groups in total. The highest BCUT2D eigenvalue weighted by Crippen LogP contribution is 2.29.